The summed E-state index contributed by atoms with van der Waals surface area (Å²) in [5.41, 5.74) is 0.416. The van der Waals surface area contributed by atoms with Crippen LogP contribution < -0.4 is 4.72 Å². The lowest BCUT2D eigenvalue weighted by molar-refractivity contribution is 0.0651. The molecule has 0 aromatic heterocycles. The standard InChI is InChI=1S/C15H20N2O4S/c18-15(17-7-3-8-17)12-4-1-6-14(10-12)22(19,20)16-11-13-5-2-9-21-13/h1,4,6,10,13,16H,2-3,5,7-9,11H2. The SMILES string of the molecule is O=C(c1cccc(S(=O)(=O)NCC2CCCO2)c1)N1CCC1. The molecule has 1 amide bonds. The van der Waals surface area contributed by atoms with Crippen molar-refractivity contribution in [3.05, 3.63) is 29.8 Å². The highest BCUT2D eigenvalue weighted by Gasteiger charge is 2.24. The lowest BCUT2D eigenvalue weighted by atomic mass is 10.1. The number of nitrogens with zero attached hydrogens (tertiary/aromatic N) is 1. The normalized spacial score (nSPS) is 21.6. The topological polar surface area (TPSA) is 75.7 Å². The highest BCUT2D eigenvalue weighted by atomic mass is 32.2. The van der Waals surface area contributed by atoms with Crippen molar-refractivity contribution in [1.82, 2.24) is 9.62 Å². The Morgan fingerprint density at radius 1 is 1.32 bits per heavy atom. The summed E-state index contributed by atoms with van der Waals surface area (Å²) < 4.78 is 32.6. The van der Waals surface area contributed by atoms with E-state index in [0.717, 1.165) is 32.4 Å². The predicted molar refractivity (Wildman–Crippen MR) is 81.1 cm³/mol. The maximum Gasteiger partial charge on any atom is 0.253 e. The monoisotopic (exact) mass is 324 g/mol. The van der Waals surface area contributed by atoms with E-state index in [9.17, 15) is 13.2 Å². The van der Waals surface area contributed by atoms with Crippen LogP contribution in [0.4, 0.5) is 0 Å². The number of rotatable bonds is 5. The molecule has 120 valence electrons. The van der Waals surface area contributed by atoms with Gasteiger partial charge in [-0.15, -0.1) is 0 Å². The van der Waals surface area contributed by atoms with Crippen LogP contribution in [0.3, 0.4) is 0 Å². The highest BCUT2D eigenvalue weighted by molar-refractivity contribution is 7.89. The lowest BCUT2D eigenvalue weighted by Gasteiger charge is -2.31. The molecular formula is C15H20N2O4S. The van der Waals surface area contributed by atoms with Crippen molar-refractivity contribution in [3.8, 4) is 0 Å². The zero-order valence-electron chi connectivity index (χ0n) is 12.3. The van der Waals surface area contributed by atoms with Gasteiger partial charge < -0.3 is 9.64 Å². The van der Waals surface area contributed by atoms with Gasteiger partial charge in [0.25, 0.3) is 5.91 Å². The fourth-order valence-corrected chi connectivity index (χ4v) is 3.70. The molecule has 0 radical (unpaired) electrons. The fourth-order valence-electron chi connectivity index (χ4n) is 2.59. The minimum absolute atomic E-state index is 0.0549. The van der Waals surface area contributed by atoms with E-state index in [0.29, 0.717) is 12.2 Å². The Hall–Kier alpha value is -1.44. The molecular weight excluding hydrogens is 304 g/mol. The summed E-state index contributed by atoms with van der Waals surface area (Å²) in [6, 6.07) is 6.20. The first kappa shape index (κ1) is 15.5. The second-order valence-corrected chi connectivity index (χ2v) is 7.43. The number of amides is 1. The molecule has 6 nitrogen and oxygen atoms in total. The zero-order valence-corrected chi connectivity index (χ0v) is 13.1. The number of hydrogen-bond acceptors (Lipinski definition) is 4. The summed E-state index contributed by atoms with van der Waals surface area (Å²) in [5.74, 6) is -0.109. The van der Waals surface area contributed by atoms with Gasteiger partial charge in [-0.05, 0) is 37.5 Å². The van der Waals surface area contributed by atoms with Crippen molar-refractivity contribution < 1.29 is 17.9 Å². The van der Waals surface area contributed by atoms with E-state index in [1.165, 1.54) is 12.1 Å². The van der Waals surface area contributed by atoms with Crippen molar-refractivity contribution in [2.24, 2.45) is 0 Å². The Morgan fingerprint density at radius 2 is 2.14 bits per heavy atom. The van der Waals surface area contributed by atoms with Gasteiger partial charge >= 0.3 is 0 Å². The molecule has 1 aromatic rings. The molecule has 2 fully saturated rings. The Balaban J connectivity index is 1.70. The van der Waals surface area contributed by atoms with Crippen LogP contribution in [-0.2, 0) is 14.8 Å². The second kappa shape index (κ2) is 6.36. The zero-order chi connectivity index (χ0) is 15.6. The van der Waals surface area contributed by atoms with Crippen LogP contribution in [-0.4, -0.2) is 51.6 Å². The summed E-state index contributed by atoms with van der Waals surface area (Å²) in [5, 5.41) is 0. The van der Waals surface area contributed by atoms with E-state index in [-0.39, 0.29) is 23.5 Å². The molecule has 1 N–H and O–H groups in total. The van der Waals surface area contributed by atoms with Gasteiger partial charge in [-0.25, -0.2) is 13.1 Å². The number of sulfonamides is 1. The molecule has 0 bridgehead atoms. The predicted octanol–water partition coefficient (Wildman–Crippen LogP) is 0.990. The molecule has 22 heavy (non-hydrogen) atoms. The molecule has 2 saturated heterocycles. The summed E-state index contributed by atoms with van der Waals surface area (Å²) in [4.78, 5) is 14.0. The Labute approximate surface area is 130 Å². The second-order valence-electron chi connectivity index (χ2n) is 5.66. The van der Waals surface area contributed by atoms with Crippen molar-refractivity contribution in [2.45, 2.75) is 30.3 Å². The van der Waals surface area contributed by atoms with Gasteiger partial charge in [0, 0.05) is 31.8 Å². The average Bonchev–Trinajstić information content (AvgIpc) is 2.97. The lowest BCUT2D eigenvalue weighted by Crippen LogP contribution is -2.42. The number of carbonyl (C=O) groups is 1. The van der Waals surface area contributed by atoms with Gasteiger partial charge in [-0.3, -0.25) is 4.79 Å². The van der Waals surface area contributed by atoms with E-state index in [4.69, 9.17) is 4.74 Å². The molecule has 0 aliphatic carbocycles. The van der Waals surface area contributed by atoms with Crippen molar-refractivity contribution in [2.75, 3.05) is 26.2 Å². The Bertz CT molecular complexity index is 649. The molecule has 2 heterocycles. The summed E-state index contributed by atoms with van der Waals surface area (Å²) in [6.07, 6.45) is 2.79. The molecule has 2 aliphatic rings. The van der Waals surface area contributed by atoms with E-state index in [1.807, 2.05) is 0 Å². The molecule has 0 saturated carbocycles. The van der Waals surface area contributed by atoms with Gasteiger partial charge in [-0.1, -0.05) is 6.07 Å². The maximum atomic E-state index is 12.3. The van der Waals surface area contributed by atoms with Crippen LogP contribution in [0, 0.1) is 0 Å². The van der Waals surface area contributed by atoms with Gasteiger partial charge in [0.05, 0.1) is 11.0 Å². The number of likely N-dealkylation sites (tertiary alicyclic amines) is 1. The van der Waals surface area contributed by atoms with Gasteiger partial charge in [0.1, 0.15) is 0 Å². The number of hydrogen-bond donors (Lipinski definition) is 1. The minimum Gasteiger partial charge on any atom is -0.377 e. The summed E-state index contributed by atoms with van der Waals surface area (Å²) >= 11 is 0. The van der Waals surface area contributed by atoms with E-state index in [1.54, 1.807) is 17.0 Å². The van der Waals surface area contributed by atoms with E-state index in [2.05, 4.69) is 4.72 Å². The van der Waals surface area contributed by atoms with Crippen LogP contribution in [0.2, 0.25) is 0 Å². The van der Waals surface area contributed by atoms with Gasteiger partial charge in [0.2, 0.25) is 10.0 Å². The summed E-state index contributed by atoms with van der Waals surface area (Å²) in [7, 11) is -3.62. The number of benzene rings is 1. The quantitative estimate of drug-likeness (QED) is 0.876. The van der Waals surface area contributed by atoms with Gasteiger partial charge in [0.15, 0.2) is 0 Å². The third-order valence-electron chi connectivity index (χ3n) is 4.06. The molecule has 1 aromatic carbocycles. The van der Waals surface area contributed by atoms with Crippen molar-refractivity contribution in [1.29, 1.82) is 0 Å². The number of carbonyl (C=O) groups excluding carboxylic acids is 1. The maximum absolute atomic E-state index is 12.3. The molecule has 3 rings (SSSR count). The average molecular weight is 324 g/mol. The van der Waals surface area contributed by atoms with Crippen LogP contribution in [0.15, 0.2) is 29.2 Å². The first-order valence-corrected chi connectivity index (χ1v) is 9.05. The number of ether oxygens (including phenoxy) is 1. The highest BCUT2D eigenvalue weighted by Crippen LogP contribution is 2.17. The molecule has 0 spiro atoms. The van der Waals surface area contributed by atoms with Crippen molar-refractivity contribution >= 4 is 15.9 Å². The van der Waals surface area contributed by atoms with Crippen LogP contribution in [0.1, 0.15) is 29.6 Å². The molecule has 7 heteroatoms. The van der Waals surface area contributed by atoms with Crippen LogP contribution in [0.25, 0.3) is 0 Å². The Kier molecular flexibility index (Phi) is 4.46. The number of nitrogens with one attached hydrogen (secondary N) is 1. The first-order chi connectivity index (χ1) is 10.6. The van der Waals surface area contributed by atoms with Crippen molar-refractivity contribution in [3.63, 3.8) is 0 Å². The van der Waals surface area contributed by atoms with Crippen LogP contribution >= 0.6 is 0 Å². The van der Waals surface area contributed by atoms with E-state index < -0.39 is 10.0 Å². The minimum atomic E-state index is -3.62. The third-order valence-corrected chi connectivity index (χ3v) is 5.48. The smallest absolute Gasteiger partial charge is 0.253 e. The third kappa shape index (κ3) is 3.31. The molecule has 1 atom stereocenters. The summed E-state index contributed by atoms with van der Waals surface area (Å²) in [6.45, 7) is 2.44. The first-order valence-electron chi connectivity index (χ1n) is 7.57. The fraction of sp³-hybridized carbons (Fsp3) is 0.533. The largest absolute Gasteiger partial charge is 0.377 e. The van der Waals surface area contributed by atoms with Crippen LogP contribution in [0.5, 0.6) is 0 Å². The molecule has 1 unspecified atom stereocenters. The molecule has 2 aliphatic heterocycles. The Morgan fingerprint density at radius 3 is 2.77 bits per heavy atom. The van der Waals surface area contributed by atoms with Gasteiger partial charge in [-0.2, -0.15) is 0 Å². The van der Waals surface area contributed by atoms with E-state index >= 15 is 0 Å².